The molecule has 22 heavy (non-hydrogen) atoms. The number of carbonyl (C=O) groups excluding carboxylic acids is 1. The molecule has 3 rings (SSSR count). The third-order valence-electron chi connectivity index (χ3n) is 4.02. The van der Waals surface area contributed by atoms with Crippen molar-refractivity contribution in [3.05, 3.63) is 58.7 Å². The molecule has 0 aromatic heterocycles. The largest absolute Gasteiger partial charge is 0.492 e. The first-order valence-electron chi connectivity index (χ1n) is 7.49. The van der Waals surface area contributed by atoms with Crippen LogP contribution in [0.5, 0.6) is 5.75 Å². The molecule has 1 amide bonds. The molecular formula is C18H20N2O2. The molecule has 0 aliphatic carbocycles. The van der Waals surface area contributed by atoms with Crippen LogP contribution in [-0.4, -0.2) is 19.1 Å². The van der Waals surface area contributed by atoms with Crippen molar-refractivity contribution in [1.29, 1.82) is 0 Å². The highest BCUT2D eigenvalue weighted by atomic mass is 16.5. The van der Waals surface area contributed by atoms with Gasteiger partial charge in [-0.2, -0.15) is 0 Å². The summed E-state index contributed by atoms with van der Waals surface area (Å²) in [5, 5.41) is 6.27. The molecule has 114 valence electrons. The van der Waals surface area contributed by atoms with E-state index in [4.69, 9.17) is 4.74 Å². The molecule has 2 aromatic rings. The third kappa shape index (κ3) is 2.97. The van der Waals surface area contributed by atoms with Crippen molar-refractivity contribution in [2.24, 2.45) is 0 Å². The molecule has 2 aromatic carbocycles. The second-order valence-corrected chi connectivity index (χ2v) is 5.55. The van der Waals surface area contributed by atoms with Crippen LogP contribution in [0.2, 0.25) is 0 Å². The third-order valence-corrected chi connectivity index (χ3v) is 4.02. The number of hydrogen-bond donors (Lipinski definition) is 2. The highest BCUT2D eigenvalue weighted by Gasteiger charge is 2.13. The average Bonchev–Trinajstić information content (AvgIpc) is 2.74. The lowest BCUT2D eigenvalue weighted by molar-refractivity contribution is 0.102. The summed E-state index contributed by atoms with van der Waals surface area (Å²) in [4.78, 5) is 12.5. The topological polar surface area (TPSA) is 50.4 Å². The number of hydrogen-bond acceptors (Lipinski definition) is 3. The van der Waals surface area contributed by atoms with Crippen LogP contribution in [0.15, 0.2) is 36.4 Å². The van der Waals surface area contributed by atoms with Crippen LogP contribution in [0.1, 0.15) is 27.0 Å². The number of aryl methyl sites for hydroxylation is 1. The fourth-order valence-electron chi connectivity index (χ4n) is 2.59. The van der Waals surface area contributed by atoms with Crippen molar-refractivity contribution < 1.29 is 9.53 Å². The van der Waals surface area contributed by atoms with Crippen LogP contribution in [-0.2, 0) is 6.54 Å². The van der Waals surface area contributed by atoms with E-state index in [0.717, 1.165) is 41.2 Å². The number of carbonyl (C=O) groups is 1. The Balaban J connectivity index is 1.82. The molecule has 0 saturated carbocycles. The Hall–Kier alpha value is -2.33. The highest BCUT2D eigenvalue weighted by Crippen LogP contribution is 2.25. The van der Waals surface area contributed by atoms with Crippen molar-refractivity contribution in [3.63, 3.8) is 0 Å². The van der Waals surface area contributed by atoms with E-state index >= 15 is 0 Å². The van der Waals surface area contributed by atoms with E-state index in [-0.39, 0.29) is 5.91 Å². The summed E-state index contributed by atoms with van der Waals surface area (Å²) >= 11 is 0. The number of ether oxygens (including phenoxy) is 1. The summed E-state index contributed by atoms with van der Waals surface area (Å²) in [6.45, 7) is 6.24. The Bertz CT molecular complexity index is 710. The normalized spacial score (nSPS) is 13.7. The Morgan fingerprint density at radius 2 is 2.09 bits per heavy atom. The zero-order valence-corrected chi connectivity index (χ0v) is 12.9. The molecule has 0 fully saturated rings. The summed E-state index contributed by atoms with van der Waals surface area (Å²) in [7, 11) is 0. The van der Waals surface area contributed by atoms with Gasteiger partial charge in [0.1, 0.15) is 12.4 Å². The van der Waals surface area contributed by atoms with Crippen molar-refractivity contribution in [1.82, 2.24) is 5.32 Å². The van der Waals surface area contributed by atoms with Gasteiger partial charge in [-0.1, -0.05) is 12.1 Å². The maximum Gasteiger partial charge on any atom is 0.255 e. The molecule has 0 saturated heterocycles. The van der Waals surface area contributed by atoms with Crippen LogP contribution in [0.4, 0.5) is 5.69 Å². The summed E-state index contributed by atoms with van der Waals surface area (Å²) in [6.07, 6.45) is 0. The van der Waals surface area contributed by atoms with Gasteiger partial charge < -0.3 is 15.4 Å². The molecule has 2 N–H and O–H groups in total. The first-order valence-corrected chi connectivity index (χ1v) is 7.49. The molecule has 4 nitrogen and oxygen atoms in total. The van der Waals surface area contributed by atoms with Crippen molar-refractivity contribution in [2.45, 2.75) is 20.4 Å². The smallest absolute Gasteiger partial charge is 0.255 e. The molecule has 0 bridgehead atoms. The zero-order chi connectivity index (χ0) is 15.5. The van der Waals surface area contributed by atoms with Gasteiger partial charge in [-0.15, -0.1) is 0 Å². The molecule has 0 spiro atoms. The minimum Gasteiger partial charge on any atom is -0.492 e. The second kappa shape index (κ2) is 6.20. The van der Waals surface area contributed by atoms with Crippen LogP contribution in [0, 0.1) is 13.8 Å². The van der Waals surface area contributed by atoms with Gasteiger partial charge in [0, 0.05) is 29.9 Å². The predicted molar refractivity (Wildman–Crippen MR) is 87.5 cm³/mol. The lowest BCUT2D eigenvalue weighted by atomic mass is 10.0. The lowest BCUT2D eigenvalue weighted by Gasteiger charge is -2.12. The van der Waals surface area contributed by atoms with Gasteiger partial charge in [-0.05, 0) is 49.2 Å². The maximum absolute atomic E-state index is 12.5. The Morgan fingerprint density at radius 3 is 2.95 bits per heavy atom. The first-order chi connectivity index (χ1) is 10.6. The fraction of sp³-hybridized carbons (Fsp3) is 0.278. The number of rotatable bonds is 2. The number of amides is 1. The molecule has 1 aliphatic heterocycles. The Kier molecular flexibility index (Phi) is 4.11. The summed E-state index contributed by atoms with van der Waals surface area (Å²) < 4.78 is 5.65. The second-order valence-electron chi connectivity index (χ2n) is 5.55. The van der Waals surface area contributed by atoms with E-state index in [0.29, 0.717) is 12.2 Å². The number of nitrogens with one attached hydrogen (secondary N) is 2. The molecule has 1 aliphatic rings. The SMILES string of the molecule is Cc1cccc(C(=O)Nc2ccc3c(c2)CNCCO3)c1C. The van der Waals surface area contributed by atoms with Crippen LogP contribution in [0.3, 0.4) is 0 Å². The average molecular weight is 296 g/mol. The summed E-state index contributed by atoms with van der Waals surface area (Å²) in [5.74, 6) is 0.804. The molecule has 1 heterocycles. The molecule has 0 radical (unpaired) electrons. The monoisotopic (exact) mass is 296 g/mol. The molecule has 0 unspecified atom stereocenters. The molecule has 4 heteroatoms. The van der Waals surface area contributed by atoms with E-state index < -0.39 is 0 Å². The zero-order valence-electron chi connectivity index (χ0n) is 12.9. The van der Waals surface area contributed by atoms with Gasteiger partial charge in [0.25, 0.3) is 5.91 Å². The minimum atomic E-state index is -0.0800. The first kappa shape index (κ1) is 14.6. The number of benzene rings is 2. The summed E-state index contributed by atoms with van der Waals surface area (Å²) in [6, 6.07) is 11.5. The van der Waals surface area contributed by atoms with Gasteiger partial charge in [0.05, 0.1) is 0 Å². The predicted octanol–water partition coefficient (Wildman–Crippen LogP) is 3.04. The van der Waals surface area contributed by atoms with Crippen molar-refractivity contribution in [3.8, 4) is 5.75 Å². The molecular weight excluding hydrogens is 276 g/mol. The minimum absolute atomic E-state index is 0.0800. The quantitative estimate of drug-likeness (QED) is 0.895. The Morgan fingerprint density at radius 1 is 1.23 bits per heavy atom. The lowest BCUT2D eigenvalue weighted by Crippen LogP contribution is -2.16. The van der Waals surface area contributed by atoms with E-state index in [2.05, 4.69) is 10.6 Å². The fourth-order valence-corrected chi connectivity index (χ4v) is 2.59. The van der Waals surface area contributed by atoms with Crippen LogP contribution < -0.4 is 15.4 Å². The highest BCUT2D eigenvalue weighted by molar-refractivity contribution is 6.05. The van der Waals surface area contributed by atoms with Crippen molar-refractivity contribution >= 4 is 11.6 Å². The van der Waals surface area contributed by atoms with E-state index in [1.165, 1.54) is 0 Å². The maximum atomic E-state index is 12.5. The molecule has 0 atom stereocenters. The van der Waals surface area contributed by atoms with Crippen LogP contribution in [0.25, 0.3) is 0 Å². The van der Waals surface area contributed by atoms with Crippen LogP contribution >= 0.6 is 0 Å². The van der Waals surface area contributed by atoms with E-state index in [9.17, 15) is 4.79 Å². The van der Waals surface area contributed by atoms with E-state index in [1.54, 1.807) is 0 Å². The van der Waals surface area contributed by atoms with Gasteiger partial charge in [-0.3, -0.25) is 4.79 Å². The number of fused-ring (bicyclic) bond motifs is 1. The Labute approximate surface area is 130 Å². The van der Waals surface area contributed by atoms with Crippen molar-refractivity contribution in [2.75, 3.05) is 18.5 Å². The standard InChI is InChI=1S/C18H20N2O2/c1-12-4-3-5-16(13(12)2)18(21)20-15-6-7-17-14(10-15)11-19-8-9-22-17/h3-7,10,19H,8-9,11H2,1-2H3,(H,20,21). The van der Waals surface area contributed by atoms with Gasteiger partial charge >= 0.3 is 0 Å². The summed E-state index contributed by atoms with van der Waals surface area (Å²) in [5.41, 5.74) is 4.70. The van der Waals surface area contributed by atoms with E-state index in [1.807, 2.05) is 50.2 Å². The number of anilines is 1. The van der Waals surface area contributed by atoms with Gasteiger partial charge in [-0.25, -0.2) is 0 Å². The van der Waals surface area contributed by atoms with Gasteiger partial charge in [0.15, 0.2) is 0 Å². The van der Waals surface area contributed by atoms with Gasteiger partial charge in [0.2, 0.25) is 0 Å².